The van der Waals surface area contributed by atoms with Crippen molar-refractivity contribution < 1.29 is 4.74 Å². The zero-order valence-electron chi connectivity index (χ0n) is 11.3. The third kappa shape index (κ3) is 3.98. The Morgan fingerprint density at radius 3 is 2.60 bits per heavy atom. The number of hydrogen-bond acceptors (Lipinski definition) is 2. The van der Waals surface area contributed by atoms with Crippen LogP contribution in [0.2, 0.25) is 5.02 Å². The third-order valence-corrected chi connectivity index (χ3v) is 4.02. The minimum Gasteiger partial charge on any atom is -0.487 e. The van der Waals surface area contributed by atoms with Gasteiger partial charge in [-0.25, -0.2) is 0 Å². The maximum Gasteiger partial charge on any atom is 0.142 e. The van der Waals surface area contributed by atoms with E-state index in [-0.39, 0.29) is 0 Å². The van der Waals surface area contributed by atoms with E-state index in [4.69, 9.17) is 16.3 Å². The first kappa shape index (κ1) is 15.4. The van der Waals surface area contributed by atoms with Crippen molar-refractivity contribution >= 4 is 27.5 Å². The van der Waals surface area contributed by atoms with Crippen LogP contribution in [0.5, 0.6) is 5.75 Å². The lowest BCUT2D eigenvalue weighted by molar-refractivity contribution is 0.301. The molecule has 4 heteroatoms. The zero-order chi connectivity index (χ0) is 14.4. The van der Waals surface area contributed by atoms with E-state index in [9.17, 15) is 0 Å². The highest BCUT2D eigenvalue weighted by Crippen LogP contribution is 2.30. The Morgan fingerprint density at radius 2 is 1.85 bits per heavy atom. The molecule has 0 amide bonds. The van der Waals surface area contributed by atoms with Crippen LogP contribution in [-0.2, 0) is 13.2 Å². The van der Waals surface area contributed by atoms with E-state index in [1.165, 1.54) is 0 Å². The molecule has 0 saturated carbocycles. The van der Waals surface area contributed by atoms with Crippen LogP contribution in [-0.4, -0.2) is 6.54 Å². The predicted octanol–water partition coefficient (Wildman–Crippen LogP) is 4.79. The van der Waals surface area contributed by atoms with Crippen LogP contribution >= 0.6 is 27.5 Å². The Bertz CT molecular complexity index is 574. The summed E-state index contributed by atoms with van der Waals surface area (Å²) < 4.78 is 6.97. The van der Waals surface area contributed by atoms with Gasteiger partial charge in [-0.15, -0.1) is 0 Å². The van der Waals surface area contributed by atoms with Crippen LogP contribution in [0, 0.1) is 0 Å². The van der Waals surface area contributed by atoms with Gasteiger partial charge in [-0.1, -0.05) is 64.8 Å². The molecule has 0 heterocycles. The number of hydrogen-bond donors (Lipinski definition) is 1. The fraction of sp³-hybridized carbons (Fsp3) is 0.250. The number of halogens is 2. The Balaban J connectivity index is 2.14. The first-order chi connectivity index (χ1) is 9.72. The topological polar surface area (TPSA) is 21.3 Å². The van der Waals surface area contributed by atoms with Gasteiger partial charge < -0.3 is 10.1 Å². The summed E-state index contributed by atoms with van der Waals surface area (Å²) in [5.41, 5.74) is 2.17. The summed E-state index contributed by atoms with van der Waals surface area (Å²) in [6.45, 7) is 4.23. The van der Waals surface area contributed by atoms with Crippen molar-refractivity contribution in [3.8, 4) is 5.75 Å². The van der Waals surface area contributed by atoms with Gasteiger partial charge in [0.2, 0.25) is 0 Å². The molecule has 2 rings (SSSR count). The SMILES string of the molecule is CCNCc1cccc(Cl)c1OCc1ccccc1Br. The van der Waals surface area contributed by atoms with E-state index in [0.29, 0.717) is 11.6 Å². The molecular formula is C16H17BrClNO. The van der Waals surface area contributed by atoms with E-state index < -0.39 is 0 Å². The molecule has 0 aliphatic heterocycles. The first-order valence-electron chi connectivity index (χ1n) is 6.56. The molecule has 0 spiro atoms. The lowest BCUT2D eigenvalue weighted by Crippen LogP contribution is -2.13. The van der Waals surface area contributed by atoms with Gasteiger partial charge in [-0.05, 0) is 18.7 Å². The van der Waals surface area contributed by atoms with Crippen molar-refractivity contribution in [3.63, 3.8) is 0 Å². The van der Waals surface area contributed by atoms with Crippen molar-refractivity contribution in [1.29, 1.82) is 0 Å². The van der Waals surface area contributed by atoms with E-state index in [1.807, 2.05) is 42.5 Å². The summed E-state index contributed by atoms with van der Waals surface area (Å²) in [6.07, 6.45) is 0. The number of ether oxygens (including phenoxy) is 1. The van der Waals surface area contributed by atoms with Crippen LogP contribution in [0.25, 0.3) is 0 Å². The molecule has 0 unspecified atom stereocenters. The van der Waals surface area contributed by atoms with Gasteiger partial charge in [0.15, 0.2) is 0 Å². The van der Waals surface area contributed by atoms with Gasteiger partial charge in [0, 0.05) is 22.1 Å². The fourth-order valence-electron chi connectivity index (χ4n) is 1.88. The lowest BCUT2D eigenvalue weighted by Gasteiger charge is -2.14. The minimum atomic E-state index is 0.490. The molecule has 0 saturated heterocycles. The van der Waals surface area contributed by atoms with Crippen molar-refractivity contribution in [2.24, 2.45) is 0 Å². The summed E-state index contributed by atoms with van der Waals surface area (Å²) in [5.74, 6) is 0.755. The molecule has 2 nitrogen and oxygen atoms in total. The standard InChI is InChI=1S/C16H17BrClNO/c1-2-19-10-12-7-5-9-15(18)16(12)20-11-13-6-3-4-8-14(13)17/h3-9,19H,2,10-11H2,1H3. The summed E-state index contributed by atoms with van der Waals surface area (Å²) >= 11 is 9.77. The molecule has 106 valence electrons. The van der Waals surface area contributed by atoms with Gasteiger partial charge in [0.05, 0.1) is 5.02 Å². The molecule has 2 aromatic rings. The maximum atomic E-state index is 6.25. The first-order valence-corrected chi connectivity index (χ1v) is 7.73. The number of para-hydroxylation sites is 1. The molecule has 0 fully saturated rings. The quantitative estimate of drug-likeness (QED) is 0.805. The summed E-state index contributed by atoms with van der Waals surface area (Å²) in [5, 5.41) is 3.94. The highest BCUT2D eigenvalue weighted by molar-refractivity contribution is 9.10. The van der Waals surface area contributed by atoms with E-state index in [0.717, 1.165) is 34.4 Å². The average Bonchev–Trinajstić information content (AvgIpc) is 2.45. The summed E-state index contributed by atoms with van der Waals surface area (Å²) in [7, 11) is 0. The van der Waals surface area contributed by atoms with Crippen molar-refractivity contribution in [1.82, 2.24) is 5.32 Å². The van der Waals surface area contributed by atoms with Crippen molar-refractivity contribution in [3.05, 3.63) is 63.1 Å². The van der Waals surface area contributed by atoms with Crippen LogP contribution in [0.1, 0.15) is 18.1 Å². The molecule has 0 atom stereocenters. The second-order valence-electron chi connectivity index (χ2n) is 4.39. The fourth-order valence-corrected chi connectivity index (χ4v) is 2.53. The van der Waals surface area contributed by atoms with Crippen LogP contribution in [0.4, 0.5) is 0 Å². The molecule has 1 N–H and O–H groups in total. The third-order valence-electron chi connectivity index (χ3n) is 2.94. The van der Waals surface area contributed by atoms with Gasteiger partial charge in [0.1, 0.15) is 12.4 Å². The summed E-state index contributed by atoms with van der Waals surface area (Å²) in [4.78, 5) is 0. The highest BCUT2D eigenvalue weighted by atomic mass is 79.9. The van der Waals surface area contributed by atoms with Gasteiger partial charge in [0.25, 0.3) is 0 Å². The van der Waals surface area contributed by atoms with Crippen LogP contribution in [0.15, 0.2) is 46.9 Å². The minimum absolute atomic E-state index is 0.490. The largest absolute Gasteiger partial charge is 0.487 e. The second kappa shape index (κ2) is 7.67. The Hall–Kier alpha value is -1.03. The van der Waals surface area contributed by atoms with E-state index in [2.05, 4.69) is 28.2 Å². The average molecular weight is 355 g/mol. The van der Waals surface area contributed by atoms with Crippen LogP contribution in [0.3, 0.4) is 0 Å². The van der Waals surface area contributed by atoms with Crippen molar-refractivity contribution in [2.45, 2.75) is 20.1 Å². The van der Waals surface area contributed by atoms with Gasteiger partial charge >= 0.3 is 0 Å². The van der Waals surface area contributed by atoms with Crippen LogP contribution < -0.4 is 10.1 Å². The Labute approximate surface area is 133 Å². The molecule has 0 aromatic heterocycles. The van der Waals surface area contributed by atoms with E-state index in [1.54, 1.807) is 0 Å². The molecule has 0 aliphatic carbocycles. The molecule has 0 bridgehead atoms. The zero-order valence-corrected chi connectivity index (χ0v) is 13.7. The van der Waals surface area contributed by atoms with Gasteiger partial charge in [-0.3, -0.25) is 0 Å². The smallest absolute Gasteiger partial charge is 0.142 e. The molecular weight excluding hydrogens is 338 g/mol. The molecule has 0 aliphatic rings. The maximum absolute atomic E-state index is 6.25. The van der Waals surface area contributed by atoms with Crippen molar-refractivity contribution in [2.75, 3.05) is 6.54 Å². The highest BCUT2D eigenvalue weighted by Gasteiger charge is 2.09. The number of nitrogens with one attached hydrogen (secondary N) is 1. The van der Waals surface area contributed by atoms with Gasteiger partial charge in [-0.2, -0.15) is 0 Å². The normalized spacial score (nSPS) is 10.6. The predicted molar refractivity (Wildman–Crippen MR) is 87.3 cm³/mol. The number of benzene rings is 2. The monoisotopic (exact) mass is 353 g/mol. The Morgan fingerprint density at radius 1 is 1.10 bits per heavy atom. The molecule has 2 aromatic carbocycles. The lowest BCUT2D eigenvalue weighted by atomic mass is 10.2. The summed E-state index contributed by atoms with van der Waals surface area (Å²) in [6, 6.07) is 13.8. The molecule has 20 heavy (non-hydrogen) atoms. The van der Waals surface area contributed by atoms with E-state index >= 15 is 0 Å². The Kier molecular flexibility index (Phi) is 5.89. The molecule has 0 radical (unpaired) electrons. The number of rotatable bonds is 6. The second-order valence-corrected chi connectivity index (χ2v) is 5.65.